The Balaban J connectivity index is 2.83. The maximum Gasteiger partial charge on any atom is 0.418 e. The summed E-state index contributed by atoms with van der Waals surface area (Å²) in [6.07, 6.45) is -3.70. The molecule has 0 saturated heterocycles. The minimum Gasteiger partial charge on any atom is -0.479 e. The van der Waals surface area contributed by atoms with Gasteiger partial charge in [-0.1, -0.05) is 0 Å². The van der Waals surface area contributed by atoms with Crippen LogP contribution >= 0.6 is 0 Å². The predicted molar refractivity (Wildman–Crippen MR) is 50.2 cm³/mol. The largest absolute Gasteiger partial charge is 0.479 e. The molecule has 2 rings (SSSR count). The summed E-state index contributed by atoms with van der Waals surface area (Å²) in [4.78, 5) is 3.58. The lowest BCUT2D eigenvalue weighted by Gasteiger charge is -2.09. The van der Waals surface area contributed by atoms with Gasteiger partial charge in [-0.05, 0) is 6.92 Å². The van der Waals surface area contributed by atoms with E-state index in [-0.39, 0.29) is 16.8 Å². The molecule has 0 radical (unpaired) electrons. The van der Waals surface area contributed by atoms with E-state index in [9.17, 15) is 13.2 Å². The number of alkyl halides is 3. The molecular formula is C9H8F3N3O. The second-order valence-electron chi connectivity index (χ2n) is 3.25. The zero-order valence-electron chi connectivity index (χ0n) is 8.51. The van der Waals surface area contributed by atoms with Crippen LogP contribution in [0.1, 0.15) is 11.3 Å². The summed E-state index contributed by atoms with van der Waals surface area (Å²) >= 11 is 0. The summed E-state index contributed by atoms with van der Waals surface area (Å²) in [5, 5.41) is 6.24. The van der Waals surface area contributed by atoms with Crippen LogP contribution in [-0.2, 0) is 6.18 Å². The maximum absolute atomic E-state index is 12.7. The Hall–Kier alpha value is -1.79. The molecular weight excluding hydrogens is 223 g/mol. The molecule has 0 amide bonds. The van der Waals surface area contributed by atoms with Crippen molar-refractivity contribution in [1.29, 1.82) is 0 Å². The lowest BCUT2D eigenvalue weighted by Crippen LogP contribution is -2.07. The van der Waals surface area contributed by atoms with Crippen LogP contribution in [0, 0.1) is 6.92 Å². The number of nitrogens with one attached hydrogen (secondary N) is 1. The van der Waals surface area contributed by atoms with E-state index < -0.39 is 11.7 Å². The molecule has 2 heterocycles. The van der Waals surface area contributed by atoms with E-state index in [1.165, 1.54) is 14.0 Å². The van der Waals surface area contributed by atoms with E-state index in [2.05, 4.69) is 15.2 Å². The number of rotatable bonds is 1. The van der Waals surface area contributed by atoms with Gasteiger partial charge in [0.05, 0.1) is 12.7 Å². The third kappa shape index (κ3) is 1.48. The molecule has 0 fully saturated rings. The van der Waals surface area contributed by atoms with Crippen LogP contribution < -0.4 is 4.74 Å². The van der Waals surface area contributed by atoms with Crippen molar-refractivity contribution < 1.29 is 17.9 Å². The van der Waals surface area contributed by atoms with Gasteiger partial charge in [-0.3, -0.25) is 5.10 Å². The molecule has 7 heteroatoms. The Morgan fingerprint density at radius 2 is 2.06 bits per heavy atom. The normalized spacial score (nSPS) is 12.1. The monoisotopic (exact) mass is 231 g/mol. The molecule has 0 aliphatic heterocycles. The Morgan fingerprint density at radius 3 is 2.62 bits per heavy atom. The Labute approximate surface area is 88.4 Å². The van der Waals surface area contributed by atoms with Gasteiger partial charge in [-0.2, -0.15) is 18.3 Å². The Morgan fingerprint density at radius 1 is 1.38 bits per heavy atom. The van der Waals surface area contributed by atoms with Crippen LogP contribution in [-0.4, -0.2) is 22.3 Å². The fourth-order valence-corrected chi connectivity index (χ4v) is 1.53. The SMILES string of the molecule is COc1ncc(C(F)(F)F)c2c(C)[nH]nc12. The fraction of sp³-hybridized carbons (Fsp3) is 0.333. The molecule has 0 spiro atoms. The van der Waals surface area contributed by atoms with Gasteiger partial charge in [-0.25, -0.2) is 4.98 Å². The zero-order valence-corrected chi connectivity index (χ0v) is 8.51. The van der Waals surface area contributed by atoms with Crippen molar-refractivity contribution in [2.45, 2.75) is 13.1 Å². The summed E-state index contributed by atoms with van der Waals surface area (Å²) in [5.41, 5.74) is -0.382. The van der Waals surface area contributed by atoms with Crippen LogP contribution in [0.4, 0.5) is 13.2 Å². The molecule has 0 saturated carbocycles. The van der Waals surface area contributed by atoms with Crippen molar-refractivity contribution >= 4 is 10.9 Å². The number of aromatic nitrogens is 3. The number of H-pyrrole nitrogens is 1. The van der Waals surface area contributed by atoms with Crippen molar-refractivity contribution in [3.05, 3.63) is 17.5 Å². The number of nitrogens with zero attached hydrogens (tertiary/aromatic N) is 2. The summed E-state index contributed by atoms with van der Waals surface area (Å²) in [6.45, 7) is 1.52. The molecule has 1 N–H and O–H groups in total. The van der Waals surface area contributed by atoms with E-state index in [4.69, 9.17) is 4.74 Å². The second-order valence-corrected chi connectivity index (χ2v) is 3.25. The second kappa shape index (κ2) is 3.36. The van der Waals surface area contributed by atoms with Crippen molar-refractivity contribution in [1.82, 2.24) is 15.2 Å². The first-order valence-corrected chi connectivity index (χ1v) is 4.40. The van der Waals surface area contributed by atoms with Gasteiger partial charge in [0.25, 0.3) is 0 Å². The van der Waals surface area contributed by atoms with Crippen molar-refractivity contribution in [3.63, 3.8) is 0 Å². The zero-order chi connectivity index (χ0) is 11.9. The van der Waals surface area contributed by atoms with Crippen LogP contribution in [0.25, 0.3) is 10.9 Å². The first-order valence-electron chi connectivity index (χ1n) is 4.40. The van der Waals surface area contributed by atoms with Crippen molar-refractivity contribution in [2.75, 3.05) is 7.11 Å². The smallest absolute Gasteiger partial charge is 0.418 e. The molecule has 86 valence electrons. The van der Waals surface area contributed by atoms with E-state index in [0.717, 1.165) is 6.20 Å². The number of fused-ring (bicyclic) bond motifs is 1. The molecule has 0 aliphatic rings. The fourth-order valence-electron chi connectivity index (χ4n) is 1.53. The number of halogens is 3. The molecule has 0 unspecified atom stereocenters. The highest BCUT2D eigenvalue weighted by atomic mass is 19.4. The van der Waals surface area contributed by atoms with Crippen molar-refractivity contribution in [3.8, 4) is 5.88 Å². The van der Waals surface area contributed by atoms with Gasteiger partial charge in [0.2, 0.25) is 5.88 Å². The van der Waals surface area contributed by atoms with Gasteiger partial charge in [0, 0.05) is 17.3 Å². The first-order chi connectivity index (χ1) is 7.45. The summed E-state index contributed by atoms with van der Waals surface area (Å²) in [5.74, 6) is 0.0762. The third-order valence-corrected chi connectivity index (χ3v) is 2.23. The molecule has 0 bridgehead atoms. The van der Waals surface area contributed by atoms with Crippen LogP contribution in [0.15, 0.2) is 6.20 Å². The minimum absolute atomic E-state index is 0.000602. The van der Waals surface area contributed by atoms with Crippen molar-refractivity contribution in [2.24, 2.45) is 0 Å². The van der Waals surface area contributed by atoms with Crippen LogP contribution in [0.3, 0.4) is 0 Å². The third-order valence-electron chi connectivity index (χ3n) is 2.23. The predicted octanol–water partition coefficient (Wildman–Crippen LogP) is 2.29. The van der Waals surface area contributed by atoms with Gasteiger partial charge in [0.1, 0.15) is 0 Å². The highest BCUT2D eigenvalue weighted by Crippen LogP contribution is 2.37. The van der Waals surface area contributed by atoms with Crippen LogP contribution in [0.5, 0.6) is 5.88 Å². The number of hydrogen-bond acceptors (Lipinski definition) is 3. The highest BCUT2D eigenvalue weighted by Gasteiger charge is 2.35. The van der Waals surface area contributed by atoms with Gasteiger partial charge in [-0.15, -0.1) is 0 Å². The highest BCUT2D eigenvalue weighted by molar-refractivity contribution is 5.88. The summed E-state index contributed by atoms with van der Waals surface area (Å²) < 4.78 is 42.9. The number of ether oxygens (including phenoxy) is 1. The standard InChI is InChI=1S/C9H8F3N3O/c1-4-6-5(9(10,11)12)3-13-8(16-2)7(6)15-14-4/h3H,1-2H3,(H,14,15). The van der Waals surface area contributed by atoms with E-state index >= 15 is 0 Å². The number of aromatic amines is 1. The summed E-state index contributed by atoms with van der Waals surface area (Å²) in [7, 11) is 1.33. The maximum atomic E-state index is 12.7. The molecule has 4 nitrogen and oxygen atoms in total. The average molecular weight is 231 g/mol. The van der Waals surface area contributed by atoms with E-state index in [0.29, 0.717) is 5.69 Å². The Bertz CT molecular complexity index is 533. The number of pyridine rings is 1. The molecule has 2 aromatic rings. The summed E-state index contributed by atoms with van der Waals surface area (Å²) in [6, 6.07) is 0. The number of aryl methyl sites for hydroxylation is 1. The molecule has 0 aromatic carbocycles. The molecule has 2 aromatic heterocycles. The number of hydrogen-bond donors (Lipinski definition) is 1. The minimum atomic E-state index is -4.45. The molecule has 0 atom stereocenters. The van der Waals surface area contributed by atoms with Gasteiger partial charge >= 0.3 is 6.18 Å². The lowest BCUT2D eigenvalue weighted by molar-refractivity contribution is -0.136. The van der Waals surface area contributed by atoms with Gasteiger partial charge < -0.3 is 4.74 Å². The number of methoxy groups -OCH3 is 1. The molecule has 16 heavy (non-hydrogen) atoms. The quantitative estimate of drug-likeness (QED) is 0.819. The lowest BCUT2D eigenvalue weighted by atomic mass is 10.1. The van der Waals surface area contributed by atoms with E-state index in [1.54, 1.807) is 0 Å². The average Bonchev–Trinajstić information content (AvgIpc) is 2.58. The van der Waals surface area contributed by atoms with Crippen LogP contribution in [0.2, 0.25) is 0 Å². The van der Waals surface area contributed by atoms with E-state index in [1.807, 2.05) is 0 Å². The molecule has 0 aliphatic carbocycles. The van der Waals surface area contributed by atoms with Gasteiger partial charge in [0.15, 0.2) is 5.52 Å². The Kier molecular flexibility index (Phi) is 2.25. The topological polar surface area (TPSA) is 50.8 Å². The first kappa shape index (κ1) is 10.7.